The highest BCUT2D eigenvalue weighted by molar-refractivity contribution is 9.10. The normalized spacial score (nSPS) is 14.0. The minimum Gasteiger partial charge on any atom is -0.495 e. The van der Waals surface area contributed by atoms with Crippen LogP contribution < -0.4 is 4.74 Å². The quantitative estimate of drug-likeness (QED) is 0.896. The predicted octanol–water partition coefficient (Wildman–Crippen LogP) is 3.74. The first-order chi connectivity index (χ1) is 9.13. The summed E-state index contributed by atoms with van der Waals surface area (Å²) >= 11 is 3.66. The monoisotopic (exact) mass is 326 g/mol. The van der Waals surface area contributed by atoms with Gasteiger partial charge in [-0.3, -0.25) is 4.79 Å². The smallest absolute Gasteiger partial charge is 0.303 e. The Kier molecular flexibility index (Phi) is 4.86. The lowest BCUT2D eigenvalue weighted by molar-refractivity contribution is -0.137. The molecule has 1 aliphatic carbocycles. The van der Waals surface area contributed by atoms with Crippen molar-refractivity contribution in [3.8, 4) is 5.75 Å². The summed E-state index contributed by atoms with van der Waals surface area (Å²) in [6.45, 7) is 0. The van der Waals surface area contributed by atoms with Crippen molar-refractivity contribution in [3.63, 3.8) is 0 Å². The van der Waals surface area contributed by atoms with Crippen LogP contribution in [-0.4, -0.2) is 18.2 Å². The maximum atomic E-state index is 10.6. The molecule has 19 heavy (non-hydrogen) atoms. The first-order valence-electron chi connectivity index (χ1n) is 6.72. The van der Waals surface area contributed by atoms with Crippen LogP contribution in [0.25, 0.3) is 0 Å². The van der Waals surface area contributed by atoms with E-state index in [0.717, 1.165) is 35.0 Å². The van der Waals surface area contributed by atoms with Gasteiger partial charge in [0.1, 0.15) is 5.75 Å². The third-order valence-electron chi connectivity index (χ3n) is 3.66. The van der Waals surface area contributed by atoms with Crippen LogP contribution in [0.2, 0.25) is 0 Å². The van der Waals surface area contributed by atoms with E-state index in [-0.39, 0.29) is 6.42 Å². The van der Waals surface area contributed by atoms with E-state index < -0.39 is 5.97 Å². The van der Waals surface area contributed by atoms with Crippen LogP contribution in [0.15, 0.2) is 10.5 Å². The second-order valence-corrected chi connectivity index (χ2v) is 5.77. The number of fused-ring (bicyclic) bond motifs is 1. The van der Waals surface area contributed by atoms with E-state index in [0.29, 0.717) is 6.42 Å². The maximum Gasteiger partial charge on any atom is 0.303 e. The minimum atomic E-state index is -0.740. The Morgan fingerprint density at radius 2 is 2.16 bits per heavy atom. The molecule has 0 spiro atoms. The molecule has 1 aromatic rings. The third kappa shape index (κ3) is 3.30. The number of methoxy groups -OCH3 is 1. The Morgan fingerprint density at radius 1 is 1.42 bits per heavy atom. The summed E-state index contributed by atoms with van der Waals surface area (Å²) in [7, 11) is 1.68. The molecule has 1 N–H and O–H groups in total. The molecule has 104 valence electrons. The van der Waals surface area contributed by atoms with Gasteiger partial charge in [0.25, 0.3) is 0 Å². The van der Waals surface area contributed by atoms with Crippen LogP contribution in [-0.2, 0) is 24.1 Å². The zero-order chi connectivity index (χ0) is 13.8. The number of aryl methyl sites for hydroxylation is 2. The standard InChI is InChI=1S/C15H19BrO3/c1-19-15-11(6-4-8-13(17)18)9-10-5-2-3-7-12(10)14(15)16/h9H,2-8H2,1H3,(H,17,18). The number of ether oxygens (including phenoxy) is 1. The number of rotatable bonds is 5. The van der Waals surface area contributed by atoms with Gasteiger partial charge in [-0.25, -0.2) is 0 Å². The Hall–Kier alpha value is -1.03. The van der Waals surface area contributed by atoms with Crippen molar-refractivity contribution in [2.75, 3.05) is 7.11 Å². The molecule has 4 heteroatoms. The van der Waals surface area contributed by atoms with E-state index in [1.165, 1.54) is 24.0 Å². The highest BCUT2D eigenvalue weighted by atomic mass is 79.9. The van der Waals surface area contributed by atoms with Crippen LogP contribution in [0.1, 0.15) is 42.4 Å². The molecular weight excluding hydrogens is 308 g/mol. The lowest BCUT2D eigenvalue weighted by atomic mass is 9.89. The van der Waals surface area contributed by atoms with Gasteiger partial charge in [-0.1, -0.05) is 6.07 Å². The summed E-state index contributed by atoms with van der Waals surface area (Å²) in [5.41, 5.74) is 3.88. The Balaban J connectivity index is 2.26. The molecule has 0 bridgehead atoms. The number of carboxylic acid groups (broad SMARTS) is 1. The summed E-state index contributed by atoms with van der Waals surface area (Å²) in [5, 5.41) is 8.72. The fraction of sp³-hybridized carbons (Fsp3) is 0.533. The molecule has 2 rings (SSSR count). The average molecular weight is 327 g/mol. The Bertz CT molecular complexity index is 483. The lowest BCUT2D eigenvalue weighted by Crippen LogP contribution is -2.07. The zero-order valence-electron chi connectivity index (χ0n) is 11.2. The Morgan fingerprint density at radius 3 is 2.84 bits per heavy atom. The molecule has 3 nitrogen and oxygen atoms in total. The van der Waals surface area contributed by atoms with Crippen molar-refractivity contribution < 1.29 is 14.6 Å². The van der Waals surface area contributed by atoms with Crippen molar-refractivity contribution >= 4 is 21.9 Å². The van der Waals surface area contributed by atoms with E-state index in [4.69, 9.17) is 9.84 Å². The molecule has 0 aromatic heterocycles. The van der Waals surface area contributed by atoms with E-state index in [9.17, 15) is 4.79 Å². The number of carbonyl (C=O) groups is 1. The molecule has 0 saturated carbocycles. The summed E-state index contributed by atoms with van der Waals surface area (Å²) in [6, 6.07) is 2.21. The lowest BCUT2D eigenvalue weighted by Gasteiger charge is -2.21. The number of aliphatic carboxylic acids is 1. The molecule has 0 atom stereocenters. The van der Waals surface area contributed by atoms with E-state index in [1.807, 2.05) is 0 Å². The summed E-state index contributed by atoms with van der Waals surface area (Å²) in [4.78, 5) is 10.6. The fourth-order valence-electron chi connectivity index (χ4n) is 2.73. The molecule has 0 heterocycles. The van der Waals surface area contributed by atoms with Crippen molar-refractivity contribution in [1.82, 2.24) is 0 Å². The molecule has 0 amide bonds. The van der Waals surface area contributed by atoms with E-state index >= 15 is 0 Å². The average Bonchev–Trinajstić information content (AvgIpc) is 2.39. The molecule has 0 unspecified atom stereocenters. The van der Waals surface area contributed by atoms with Gasteiger partial charge in [0, 0.05) is 6.42 Å². The molecule has 1 aliphatic rings. The zero-order valence-corrected chi connectivity index (χ0v) is 12.8. The van der Waals surface area contributed by atoms with Crippen LogP contribution >= 0.6 is 15.9 Å². The SMILES string of the molecule is COc1c(CCCC(=O)O)cc2c(c1Br)CCCC2. The minimum absolute atomic E-state index is 0.206. The van der Waals surface area contributed by atoms with E-state index in [2.05, 4.69) is 22.0 Å². The van der Waals surface area contributed by atoms with Gasteiger partial charge in [-0.05, 0) is 71.1 Å². The topological polar surface area (TPSA) is 46.5 Å². The molecule has 0 radical (unpaired) electrons. The molecule has 1 aromatic carbocycles. The molecule has 0 fully saturated rings. The number of benzene rings is 1. The van der Waals surface area contributed by atoms with Crippen LogP contribution in [0.4, 0.5) is 0 Å². The molecule has 0 saturated heterocycles. The molecule has 0 aliphatic heterocycles. The van der Waals surface area contributed by atoms with Crippen LogP contribution in [0.5, 0.6) is 5.75 Å². The van der Waals surface area contributed by atoms with E-state index in [1.54, 1.807) is 7.11 Å². The van der Waals surface area contributed by atoms with Crippen molar-refractivity contribution in [2.24, 2.45) is 0 Å². The summed E-state index contributed by atoms with van der Waals surface area (Å²) < 4.78 is 6.57. The van der Waals surface area contributed by atoms with Gasteiger partial charge in [0.15, 0.2) is 0 Å². The van der Waals surface area contributed by atoms with Crippen LogP contribution in [0, 0.1) is 0 Å². The number of halogens is 1. The number of carboxylic acids is 1. The number of hydrogen-bond acceptors (Lipinski definition) is 2. The molecular formula is C15H19BrO3. The maximum absolute atomic E-state index is 10.6. The van der Waals surface area contributed by atoms with Gasteiger partial charge < -0.3 is 9.84 Å². The van der Waals surface area contributed by atoms with Gasteiger partial charge >= 0.3 is 5.97 Å². The van der Waals surface area contributed by atoms with Crippen LogP contribution in [0.3, 0.4) is 0 Å². The second-order valence-electron chi connectivity index (χ2n) is 4.97. The van der Waals surface area contributed by atoms with Crippen molar-refractivity contribution in [1.29, 1.82) is 0 Å². The van der Waals surface area contributed by atoms with Gasteiger partial charge in [0.05, 0.1) is 11.6 Å². The predicted molar refractivity (Wildman–Crippen MR) is 77.9 cm³/mol. The first kappa shape index (κ1) is 14.4. The fourth-order valence-corrected chi connectivity index (χ4v) is 3.60. The largest absolute Gasteiger partial charge is 0.495 e. The van der Waals surface area contributed by atoms with Gasteiger partial charge in [-0.15, -0.1) is 0 Å². The van der Waals surface area contributed by atoms with Crippen molar-refractivity contribution in [2.45, 2.75) is 44.9 Å². The van der Waals surface area contributed by atoms with Gasteiger partial charge in [-0.2, -0.15) is 0 Å². The Labute approximate surface area is 122 Å². The number of hydrogen-bond donors (Lipinski definition) is 1. The highest BCUT2D eigenvalue weighted by Gasteiger charge is 2.19. The second kappa shape index (κ2) is 6.42. The van der Waals surface area contributed by atoms with Crippen molar-refractivity contribution in [3.05, 3.63) is 27.2 Å². The summed E-state index contributed by atoms with van der Waals surface area (Å²) in [6.07, 6.45) is 6.29. The van der Waals surface area contributed by atoms with Gasteiger partial charge in [0.2, 0.25) is 0 Å². The third-order valence-corrected chi connectivity index (χ3v) is 4.49. The highest BCUT2D eigenvalue weighted by Crippen LogP contribution is 2.38. The first-order valence-corrected chi connectivity index (χ1v) is 7.51. The summed E-state index contributed by atoms with van der Waals surface area (Å²) in [5.74, 6) is 0.141.